The SMILES string of the molecule is COc1ccc(C=NNC(N)=O)cc1OCc1ccccc1F. The fourth-order valence-corrected chi connectivity index (χ4v) is 1.83. The van der Waals surface area contributed by atoms with Crippen LogP contribution in [0.4, 0.5) is 9.18 Å². The van der Waals surface area contributed by atoms with Crippen LogP contribution in [0.2, 0.25) is 0 Å². The van der Waals surface area contributed by atoms with E-state index in [1.54, 1.807) is 36.4 Å². The van der Waals surface area contributed by atoms with Crippen molar-refractivity contribution in [1.82, 2.24) is 5.43 Å². The molecule has 0 aliphatic heterocycles. The van der Waals surface area contributed by atoms with Crippen LogP contribution in [0.5, 0.6) is 11.5 Å². The number of carbonyl (C=O) groups is 1. The third-order valence-electron chi connectivity index (χ3n) is 2.92. The van der Waals surface area contributed by atoms with Gasteiger partial charge in [0.25, 0.3) is 0 Å². The first kappa shape index (κ1) is 16.3. The van der Waals surface area contributed by atoms with Crippen LogP contribution in [0.15, 0.2) is 47.6 Å². The van der Waals surface area contributed by atoms with Gasteiger partial charge in [-0.2, -0.15) is 5.10 Å². The van der Waals surface area contributed by atoms with Crippen molar-refractivity contribution in [3.63, 3.8) is 0 Å². The Labute approximate surface area is 132 Å². The molecule has 7 heteroatoms. The molecule has 2 rings (SSSR count). The van der Waals surface area contributed by atoms with Crippen LogP contribution in [0.3, 0.4) is 0 Å². The van der Waals surface area contributed by atoms with E-state index in [0.29, 0.717) is 22.6 Å². The molecule has 0 aliphatic rings. The third kappa shape index (κ3) is 4.70. The molecule has 2 amide bonds. The molecule has 3 N–H and O–H groups in total. The first-order chi connectivity index (χ1) is 11.1. The highest BCUT2D eigenvalue weighted by molar-refractivity contribution is 5.82. The molecule has 0 atom stereocenters. The molecule has 0 heterocycles. The highest BCUT2D eigenvalue weighted by atomic mass is 19.1. The van der Waals surface area contributed by atoms with Gasteiger partial charge in [0.1, 0.15) is 12.4 Å². The molecular formula is C16H16FN3O3. The van der Waals surface area contributed by atoms with Gasteiger partial charge < -0.3 is 15.2 Å². The fourth-order valence-electron chi connectivity index (χ4n) is 1.83. The molecule has 0 radical (unpaired) electrons. The van der Waals surface area contributed by atoms with Crippen LogP contribution < -0.4 is 20.6 Å². The van der Waals surface area contributed by atoms with Gasteiger partial charge >= 0.3 is 6.03 Å². The quantitative estimate of drug-likeness (QED) is 0.633. The summed E-state index contributed by atoms with van der Waals surface area (Å²) in [5.74, 6) is 0.593. The maximum Gasteiger partial charge on any atom is 0.332 e. The number of rotatable bonds is 6. The van der Waals surface area contributed by atoms with Crippen molar-refractivity contribution in [3.8, 4) is 11.5 Å². The summed E-state index contributed by atoms with van der Waals surface area (Å²) in [6.07, 6.45) is 1.40. The summed E-state index contributed by atoms with van der Waals surface area (Å²) in [6, 6.07) is 10.7. The lowest BCUT2D eigenvalue weighted by atomic mass is 10.2. The monoisotopic (exact) mass is 317 g/mol. The van der Waals surface area contributed by atoms with E-state index in [4.69, 9.17) is 15.2 Å². The van der Waals surface area contributed by atoms with Crippen molar-refractivity contribution in [2.24, 2.45) is 10.8 Å². The Bertz CT molecular complexity index is 719. The average Bonchev–Trinajstić information content (AvgIpc) is 2.54. The standard InChI is InChI=1S/C16H16FN3O3/c1-22-14-7-6-11(9-19-20-16(18)21)8-15(14)23-10-12-4-2-3-5-13(12)17/h2-9H,10H2,1H3,(H3,18,20,21). The Morgan fingerprint density at radius 3 is 2.78 bits per heavy atom. The van der Waals surface area contributed by atoms with Crippen LogP contribution >= 0.6 is 0 Å². The zero-order valence-electron chi connectivity index (χ0n) is 12.5. The van der Waals surface area contributed by atoms with Gasteiger partial charge in [-0.15, -0.1) is 0 Å². The highest BCUT2D eigenvalue weighted by Gasteiger charge is 2.07. The molecule has 0 aliphatic carbocycles. The first-order valence-electron chi connectivity index (χ1n) is 6.73. The molecule has 2 aromatic carbocycles. The fraction of sp³-hybridized carbons (Fsp3) is 0.125. The summed E-state index contributed by atoms with van der Waals surface area (Å²) >= 11 is 0. The number of nitrogens with zero attached hydrogens (tertiary/aromatic N) is 1. The van der Waals surface area contributed by atoms with Gasteiger partial charge in [0.15, 0.2) is 11.5 Å². The molecule has 0 unspecified atom stereocenters. The third-order valence-corrected chi connectivity index (χ3v) is 2.92. The molecule has 120 valence electrons. The Morgan fingerprint density at radius 2 is 2.09 bits per heavy atom. The number of benzene rings is 2. The van der Waals surface area contributed by atoms with Crippen molar-refractivity contribution < 1.29 is 18.7 Å². The van der Waals surface area contributed by atoms with E-state index in [-0.39, 0.29) is 12.4 Å². The molecule has 0 aromatic heterocycles. The first-order valence-corrected chi connectivity index (χ1v) is 6.73. The van der Waals surface area contributed by atoms with Gasteiger partial charge in [-0.3, -0.25) is 0 Å². The van der Waals surface area contributed by atoms with Gasteiger partial charge in [0, 0.05) is 5.56 Å². The second-order valence-corrected chi connectivity index (χ2v) is 4.52. The minimum absolute atomic E-state index is 0.0587. The minimum Gasteiger partial charge on any atom is -0.493 e. The largest absolute Gasteiger partial charge is 0.493 e. The molecule has 6 nitrogen and oxygen atoms in total. The zero-order chi connectivity index (χ0) is 16.7. The minimum atomic E-state index is -0.759. The number of amides is 2. The predicted molar refractivity (Wildman–Crippen MR) is 84.0 cm³/mol. The summed E-state index contributed by atoms with van der Waals surface area (Å²) in [5, 5.41) is 3.66. The Kier molecular flexibility index (Phi) is 5.51. The molecule has 2 aromatic rings. The van der Waals surface area contributed by atoms with Gasteiger partial charge in [-0.05, 0) is 29.8 Å². The number of methoxy groups -OCH3 is 1. The molecular weight excluding hydrogens is 301 g/mol. The van der Waals surface area contributed by atoms with E-state index in [2.05, 4.69) is 10.5 Å². The van der Waals surface area contributed by atoms with E-state index in [1.165, 1.54) is 19.4 Å². The van der Waals surface area contributed by atoms with Gasteiger partial charge in [0.2, 0.25) is 0 Å². The van der Waals surface area contributed by atoms with E-state index < -0.39 is 6.03 Å². The Morgan fingerprint density at radius 1 is 1.30 bits per heavy atom. The van der Waals surface area contributed by atoms with Gasteiger partial charge in [0.05, 0.1) is 13.3 Å². The number of hydrogen-bond acceptors (Lipinski definition) is 4. The lowest BCUT2D eigenvalue weighted by Crippen LogP contribution is -2.24. The van der Waals surface area contributed by atoms with Gasteiger partial charge in [-0.25, -0.2) is 14.6 Å². The van der Waals surface area contributed by atoms with Crippen molar-refractivity contribution in [2.75, 3.05) is 7.11 Å². The van der Waals surface area contributed by atoms with Crippen LogP contribution in [0.25, 0.3) is 0 Å². The number of hydrazone groups is 1. The molecule has 0 bridgehead atoms. The van der Waals surface area contributed by atoms with Crippen LogP contribution in [0, 0.1) is 5.82 Å². The molecule has 0 fully saturated rings. The molecule has 0 spiro atoms. The smallest absolute Gasteiger partial charge is 0.332 e. The second kappa shape index (κ2) is 7.79. The van der Waals surface area contributed by atoms with Crippen molar-refractivity contribution >= 4 is 12.2 Å². The van der Waals surface area contributed by atoms with E-state index in [0.717, 1.165) is 0 Å². The maximum absolute atomic E-state index is 13.6. The second-order valence-electron chi connectivity index (χ2n) is 4.52. The van der Waals surface area contributed by atoms with Crippen LogP contribution in [-0.4, -0.2) is 19.4 Å². The maximum atomic E-state index is 13.6. The summed E-state index contributed by atoms with van der Waals surface area (Å²) in [7, 11) is 1.51. The normalized spacial score (nSPS) is 10.5. The van der Waals surface area contributed by atoms with Crippen molar-refractivity contribution in [2.45, 2.75) is 6.61 Å². The number of hydrogen-bond donors (Lipinski definition) is 2. The summed E-state index contributed by atoms with van der Waals surface area (Å²) in [4.78, 5) is 10.6. The number of urea groups is 1. The zero-order valence-corrected chi connectivity index (χ0v) is 12.5. The van der Waals surface area contributed by atoms with E-state index in [9.17, 15) is 9.18 Å². The number of primary amides is 1. The number of halogens is 1. The van der Waals surface area contributed by atoms with Gasteiger partial charge in [-0.1, -0.05) is 18.2 Å². The average molecular weight is 317 g/mol. The van der Waals surface area contributed by atoms with E-state index in [1.807, 2.05) is 0 Å². The Hall–Kier alpha value is -3.09. The summed E-state index contributed by atoms with van der Waals surface area (Å²) in [5.41, 5.74) is 8.10. The van der Waals surface area contributed by atoms with Crippen LogP contribution in [-0.2, 0) is 6.61 Å². The number of nitrogens with two attached hydrogens (primary N) is 1. The van der Waals surface area contributed by atoms with Crippen molar-refractivity contribution in [1.29, 1.82) is 0 Å². The number of nitrogens with one attached hydrogen (secondary N) is 1. The predicted octanol–water partition coefficient (Wildman–Crippen LogP) is 2.42. The summed E-state index contributed by atoms with van der Waals surface area (Å²) < 4.78 is 24.4. The molecule has 0 saturated carbocycles. The lowest BCUT2D eigenvalue weighted by molar-refractivity contribution is 0.249. The van der Waals surface area contributed by atoms with Crippen LogP contribution in [0.1, 0.15) is 11.1 Å². The van der Waals surface area contributed by atoms with Crippen molar-refractivity contribution in [3.05, 3.63) is 59.4 Å². The topological polar surface area (TPSA) is 85.9 Å². The molecule has 0 saturated heterocycles. The highest BCUT2D eigenvalue weighted by Crippen LogP contribution is 2.28. The number of ether oxygens (including phenoxy) is 2. The molecule has 23 heavy (non-hydrogen) atoms. The number of carbonyl (C=O) groups excluding carboxylic acids is 1. The summed E-state index contributed by atoms with van der Waals surface area (Å²) in [6.45, 7) is 0.0587. The van der Waals surface area contributed by atoms with E-state index >= 15 is 0 Å². The lowest BCUT2D eigenvalue weighted by Gasteiger charge is -2.11. The Balaban J connectivity index is 2.14.